The van der Waals surface area contributed by atoms with Crippen molar-refractivity contribution in [2.45, 2.75) is 25.6 Å². The van der Waals surface area contributed by atoms with Crippen molar-refractivity contribution in [3.05, 3.63) is 77.8 Å². The molecule has 3 aliphatic rings. The standard InChI is InChI=1S/C22H16BrN3O3S/c1-10-17-12-5-3-4-6-15(12)29-22(10,2)25-21-26(17)20(28)18(30-21)16-13-9-11(23)7-8-14(13)24-19(16)27/h3-10,17H,1-2H3,(H,24,27). The number of ether oxygens (including phenoxy) is 1. The van der Waals surface area contributed by atoms with E-state index in [0.717, 1.165) is 21.3 Å². The van der Waals surface area contributed by atoms with Crippen molar-refractivity contribution in [1.29, 1.82) is 0 Å². The predicted octanol–water partition coefficient (Wildman–Crippen LogP) is 2.79. The highest BCUT2D eigenvalue weighted by Crippen LogP contribution is 2.46. The molecule has 3 unspecified atom stereocenters. The fourth-order valence-corrected chi connectivity index (χ4v) is 6.15. The van der Waals surface area contributed by atoms with Crippen LogP contribution in [0, 0.1) is 5.92 Å². The molecule has 3 aromatic rings. The first-order valence-corrected chi connectivity index (χ1v) is 11.2. The molecule has 6 nitrogen and oxygen atoms in total. The van der Waals surface area contributed by atoms with Gasteiger partial charge >= 0.3 is 0 Å². The van der Waals surface area contributed by atoms with Crippen LogP contribution in [-0.2, 0) is 4.79 Å². The Labute approximate surface area is 183 Å². The fourth-order valence-electron chi connectivity index (χ4n) is 4.60. The minimum absolute atomic E-state index is 0.0381. The molecule has 6 rings (SSSR count). The summed E-state index contributed by atoms with van der Waals surface area (Å²) in [5.41, 5.74) is 1.85. The maximum atomic E-state index is 13.7. The molecule has 0 radical (unpaired) electrons. The van der Waals surface area contributed by atoms with Crippen LogP contribution in [0.15, 0.2) is 56.7 Å². The minimum atomic E-state index is -0.767. The highest BCUT2D eigenvalue weighted by Gasteiger charge is 2.49. The van der Waals surface area contributed by atoms with Gasteiger partial charge in [0.25, 0.3) is 11.5 Å². The van der Waals surface area contributed by atoms with Crippen molar-refractivity contribution < 1.29 is 9.53 Å². The topological polar surface area (TPSA) is 72.7 Å². The highest BCUT2D eigenvalue weighted by atomic mass is 79.9. The Balaban J connectivity index is 1.71. The third-order valence-electron chi connectivity index (χ3n) is 6.23. The van der Waals surface area contributed by atoms with E-state index in [2.05, 4.69) is 28.2 Å². The van der Waals surface area contributed by atoms with Gasteiger partial charge in [0.15, 0.2) is 4.80 Å². The molecule has 3 atom stereocenters. The Morgan fingerprint density at radius 3 is 2.87 bits per heavy atom. The summed E-state index contributed by atoms with van der Waals surface area (Å²) in [6.45, 7) is 4.01. The Kier molecular flexibility index (Phi) is 3.57. The van der Waals surface area contributed by atoms with Gasteiger partial charge in [-0.2, -0.15) is 0 Å². The number of carbonyl (C=O) groups is 1. The van der Waals surface area contributed by atoms with E-state index < -0.39 is 5.72 Å². The van der Waals surface area contributed by atoms with Gasteiger partial charge in [-0.15, -0.1) is 0 Å². The molecule has 1 amide bonds. The molecule has 4 heterocycles. The first kappa shape index (κ1) is 18.1. The van der Waals surface area contributed by atoms with Gasteiger partial charge in [-0.05, 0) is 31.2 Å². The lowest BCUT2D eigenvalue weighted by Crippen LogP contribution is -2.54. The van der Waals surface area contributed by atoms with Crippen LogP contribution in [0.2, 0.25) is 0 Å². The number of halogens is 1. The number of anilines is 1. The van der Waals surface area contributed by atoms with Crippen molar-refractivity contribution in [2.75, 3.05) is 5.32 Å². The number of para-hydroxylation sites is 1. The van der Waals surface area contributed by atoms with Gasteiger partial charge in [0.05, 0.1) is 11.6 Å². The average Bonchev–Trinajstić information content (AvgIpc) is 3.17. The number of nitrogens with one attached hydrogen (secondary N) is 1. The van der Waals surface area contributed by atoms with Gasteiger partial charge in [0.2, 0.25) is 5.72 Å². The lowest BCUT2D eigenvalue weighted by molar-refractivity contribution is -0.110. The van der Waals surface area contributed by atoms with Crippen LogP contribution in [0.4, 0.5) is 5.69 Å². The molecular weight excluding hydrogens is 466 g/mol. The van der Waals surface area contributed by atoms with E-state index in [0.29, 0.717) is 20.6 Å². The van der Waals surface area contributed by atoms with Crippen LogP contribution in [0.5, 0.6) is 5.75 Å². The van der Waals surface area contributed by atoms with E-state index in [1.54, 1.807) is 4.57 Å². The monoisotopic (exact) mass is 481 g/mol. The number of nitrogens with zero attached hydrogens (tertiary/aromatic N) is 2. The maximum absolute atomic E-state index is 13.7. The molecule has 0 fully saturated rings. The molecule has 8 heteroatoms. The summed E-state index contributed by atoms with van der Waals surface area (Å²) in [6, 6.07) is 13.2. The Hall–Kier alpha value is -2.71. The number of hydrogen-bond donors (Lipinski definition) is 1. The van der Waals surface area contributed by atoms with Crippen molar-refractivity contribution in [3.63, 3.8) is 0 Å². The highest BCUT2D eigenvalue weighted by molar-refractivity contribution is 9.10. The lowest BCUT2D eigenvalue weighted by atomic mass is 9.83. The van der Waals surface area contributed by atoms with Crippen molar-refractivity contribution in [2.24, 2.45) is 10.9 Å². The number of carbonyl (C=O) groups excluding carboxylic acids is 1. The summed E-state index contributed by atoms with van der Waals surface area (Å²) in [6.07, 6.45) is 0. The van der Waals surface area contributed by atoms with Gasteiger partial charge in [-0.25, -0.2) is 4.99 Å². The van der Waals surface area contributed by atoms with Gasteiger partial charge in [0.1, 0.15) is 10.3 Å². The number of benzene rings is 2. The van der Waals surface area contributed by atoms with Crippen LogP contribution in [0.1, 0.15) is 31.0 Å². The maximum Gasteiger partial charge on any atom is 0.271 e. The zero-order valence-corrected chi connectivity index (χ0v) is 18.5. The summed E-state index contributed by atoms with van der Waals surface area (Å²) >= 11 is 4.72. The van der Waals surface area contributed by atoms with E-state index in [1.807, 2.05) is 49.4 Å². The molecule has 0 saturated heterocycles. The van der Waals surface area contributed by atoms with Crippen molar-refractivity contribution in [1.82, 2.24) is 4.57 Å². The number of thiazole rings is 1. The molecular formula is C22H16BrN3O3S. The second kappa shape index (κ2) is 5.92. The van der Waals surface area contributed by atoms with Crippen LogP contribution in [-0.4, -0.2) is 16.2 Å². The number of rotatable bonds is 0. The molecule has 2 bridgehead atoms. The van der Waals surface area contributed by atoms with Gasteiger partial charge in [0, 0.05) is 27.2 Å². The van der Waals surface area contributed by atoms with Crippen LogP contribution >= 0.6 is 27.3 Å². The zero-order valence-electron chi connectivity index (χ0n) is 16.1. The summed E-state index contributed by atoms with van der Waals surface area (Å²) in [5.74, 6) is 0.444. The molecule has 0 spiro atoms. The number of amides is 1. The van der Waals surface area contributed by atoms with E-state index in [-0.39, 0.29) is 23.4 Å². The van der Waals surface area contributed by atoms with Gasteiger partial charge in [-0.1, -0.05) is 52.4 Å². The molecule has 2 aromatic carbocycles. The number of hydrogen-bond acceptors (Lipinski definition) is 5. The molecule has 0 saturated carbocycles. The molecule has 3 aliphatic heterocycles. The summed E-state index contributed by atoms with van der Waals surface area (Å²) in [7, 11) is 0. The second-order valence-corrected chi connectivity index (χ2v) is 9.84. The van der Waals surface area contributed by atoms with Gasteiger partial charge in [-0.3, -0.25) is 14.2 Å². The average molecular weight is 482 g/mol. The zero-order chi connectivity index (χ0) is 20.8. The molecule has 1 N–H and O–H groups in total. The third-order valence-corrected chi connectivity index (χ3v) is 7.78. The number of aromatic nitrogens is 1. The van der Waals surface area contributed by atoms with Crippen LogP contribution < -0.4 is 24.9 Å². The fraction of sp³-hybridized carbons (Fsp3) is 0.227. The normalized spacial score (nSPS) is 27.4. The largest absolute Gasteiger partial charge is 0.466 e. The van der Waals surface area contributed by atoms with E-state index in [4.69, 9.17) is 9.73 Å². The van der Waals surface area contributed by atoms with Gasteiger partial charge < -0.3 is 10.1 Å². The van der Waals surface area contributed by atoms with Crippen LogP contribution in [0.25, 0.3) is 5.57 Å². The van der Waals surface area contributed by atoms with E-state index in [1.165, 1.54) is 11.3 Å². The van der Waals surface area contributed by atoms with E-state index in [9.17, 15) is 9.59 Å². The minimum Gasteiger partial charge on any atom is -0.466 e. The third kappa shape index (κ3) is 2.26. The number of fused-ring (bicyclic) bond motifs is 7. The summed E-state index contributed by atoms with van der Waals surface area (Å²) < 4.78 is 9.25. The molecule has 0 aliphatic carbocycles. The molecule has 30 heavy (non-hydrogen) atoms. The first-order valence-electron chi connectivity index (χ1n) is 9.62. The Bertz CT molecular complexity index is 1460. The predicted molar refractivity (Wildman–Crippen MR) is 117 cm³/mol. The molecule has 150 valence electrons. The smallest absolute Gasteiger partial charge is 0.271 e. The first-order chi connectivity index (χ1) is 14.4. The quantitative estimate of drug-likeness (QED) is 0.536. The Morgan fingerprint density at radius 1 is 1.23 bits per heavy atom. The lowest BCUT2D eigenvalue weighted by Gasteiger charge is -2.45. The summed E-state index contributed by atoms with van der Waals surface area (Å²) in [4.78, 5) is 31.9. The summed E-state index contributed by atoms with van der Waals surface area (Å²) in [5, 5.41) is 2.87. The molecule has 1 aromatic heterocycles. The van der Waals surface area contributed by atoms with E-state index >= 15 is 0 Å². The van der Waals surface area contributed by atoms with Crippen molar-refractivity contribution in [3.8, 4) is 5.75 Å². The second-order valence-electron chi connectivity index (χ2n) is 7.95. The van der Waals surface area contributed by atoms with Crippen molar-refractivity contribution >= 4 is 44.4 Å². The van der Waals surface area contributed by atoms with Crippen LogP contribution in [0.3, 0.4) is 0 Å². The SMILES string of the molecule is CC1C2c3ccccc3OC1(C)N=c1sc(=C3C(=O)Nc4ccc(Br)cc43)c(=O)n12. The Morgan fingerprint density at radius 2 is 2.03 bits per heavy atom.